The SMILES string of the molecule is O=C(O)C(CCc1cccnc1)c1cccc(F)c1. The van der Waals surface area contributed by atoms with Crippen LogP contribution < -0.4 is 0 Å². The number of carboxylic acid groups (broad SMARTS) is 1. The van der Waals surface area contributed by atoms with Gasteiger partial charge in [0.25, 0.3) is 0 Å². The maximum Gasteiger partial charge on any atom is 0.310 e. The first kappa shape index (κ1) is 13.2. The molecule has 4 heteroatoms. The average Bonchev–Trinajstić information content (AvgIpc) is 2.40. The zero-order valence-corrected chi connectivity index (χ0v) is 10.3. The zero-order chi connectivity index (χ0) is 13.7. The third-order valence-electron chi connectivity index (χ3n) is 2.99. The number of benzene rings is 1. The van der Waals surface area contributed by atoms with E-state index in [0.717, 1.165) is 5.56 Å². The zero-order valence-electron chi connectivity index (χ0n) is 10.3. The fourth-order valence-electron chi connectivity index (χ4n) is 2.01. The van der Waals surface area contributed by atoms with Crippen LogP contribution in [0.5, 0.6) is 0 Å². The second kappa shape index (κ2) is 6.09. The molecule has 1 atom stereocenters. The average molecular weight is 259 g/mol. The molecule has 1 aromatic carbocycles. The highest BCUT2D eigenvalue weighted by atomic mass is 19.1. The number of hydrogen-bond donors (Lipinski definition) is 1. The predicted molar refractivity (Wildman–Crippen MR) is 69.3 cm³/mol. The van der Waals surface area contributed by atoms with Crippen LogP contribution in [0, 0.1) is 5.82 Å². The Bertz CT molecular complexity index is 557. The van der Waals surface area contributed by atoms with E-state index in [4.69, 9.17) is 0 Å². The third-order valence-corrected chi connectivity index (χ3v) is 2.99. The van der Waals surface area contributed by atoms with Gasteiger partial charge in [-0.3, -0.25) is 9.78 Å². The van der Waals surface area contributed by atoms with Gasteiger partial charge in [0.05, 0.1) is 5.92 Å². The molecule has 1 heterocycles. The summed E-state index contributed by atoms with van der Waals surface area (Å²) < 4.78 is 13.2. The molecule has 0 fully saturated rings. The highest BCUT2D eigenvalue weighted by molar-refractivity contribution is 5.76. The number of rotatable bonds is 5. The van der Waals surface area contributed by atoms with Gasteiger partial charge in [-0.2, -0.15) is 0 Å². The summed E-state index contributed by atoms with van der Waals surface area (Å²) in [5.74, 6) is -2.05. The molecular weight excluding hydrogens is 245 g/mol. The van der Waals surface area contributed by atoms with Gasteiger partial charge in [-0.25, -0.2) is 4.39 Å². The standard InChI is InChI=1S/C15H14FNO2/c16-13-5-1-4-12(9-13)14(15(18)19)7-6-11-3-2-8-17-10-11/h1-5,8-10,14H,6-7H2,(H,18,19). The summed E-state index contributed by atoms with van der Waals surface area (Å²) in [5, 5.41) is 9.26. The van der Waals surface area contributed by atoms with E-state index < -0.39 is 17.7 Å². The lowest BCUT2D eigenvalue weighted by atomic mass is 9.93. The van der Waals surface area contributed by atoms with Crippen molar-refractivity contribution in [3.63, 3.8) is 0 Å². The molecule has 0 spiro atoms. The van der Waals surface area contributed by atoms with Crippen LogP contribution in [0.1, 0.15) is 23.5 Å². The van der Waals surface area contributed by atoms with Crippen molar-refractivity contribution in [2.75, 3.05) is 0 Å². The Morgan fingerprint density at radius 3 is 2.79 bits per heavy atom. The summed E-state index contributed by atoms with van der Waals surface area (Å²) in [6.45, 7) is 0. The van der Waals surface area contributed by atoms with Gasteiger partial charge in [0, 0.05) is 12.4 Å². The molecule has 0 saturated heterocycles. The molecule has 3 nitrogen and oxygen atoms in total. The maximum absolute atomic E-state index is 13.2. The Morgan fingerprint density at radius 1 is 1.32 bits per heavy atom. The number of aliphatic carboxylic acids is 1. The lowest BCUT2D eigenvalue weighted by Gasteiger charge is -2.12. The number of aryl methyl sites for hydroxylation is 1. The molecule has 1 aromatic heterocycles. The number of carboxylic acids is 1. The number of pyridine rings is 1. The van der Waals surface area contributed by atoms with Crippen LogP contribution >= 0.6 is 0 Å². The van der Waals surface area contributed by atoms with E-state index in [-0.39, 0.29) is 0 Å². The summed E-state index contributed by atoms with van der Waals surface area (Å²) in [6, 6.07) is 9.48. The minimum absolute atomic E-state index is 0.412. The minimum atomic E-state index is -0.936. The highest BCUT2D eigenvalue weighted by Gasteiger charge is 2.20. The van der Waals surface area contributed by atoms with Crippen molar-refractivity contribution in [2.45, 2.75) is 18.8 Å². The van der Waals surface area contributed by atoms with Crippen LogP contribution in [0.15, 0.2) is 48.8 Å². The molecule has 1 N–H and O–H groups in total. The maximum atomic E-state index is 13.2. The smallest absolute Gasteiger partial charge is 0.310 e. The van der Waals surface area contributed by atoms with E-state index in [1.165, 1.54) is 18.2 Å². The second-order valence-corrected chi connectivity index (χ2v) is 4.35. The predicted octanol–water partition coefficient (Wildman–Crippen LogP) is 3.02. The van der Waals surface area contributed by atoms with Crippen molar-refractivity contribution in [2.24, 2.45) is 0 Å². The molecule has 19 heavy (non-hydrogen) atoms. The fourth-order valence-corrected chi connectivity index (χ4v) is 2.01. The van der Waals surface area contributed by atoms with E-state index in [2.05, 4.69) is 4.98 Å². The van der Waals surface area contributed by atoms with Crippen LogP contribution in [0.2, 0.25) is 0 Å². The van der Waals surface area contributed by atoms with Crippen molar-refractivity contribution in [1.82, 2.24) is 4.98 Å². The lowest BCUT2D eigenvalue weighted by Crippen LogP contribution is -2.13. The van der Waals surface area contributed by atoms with Crippen molar-refractivity contribution in [3.05, 3.63) is 65.7 Å². The van der Waals surface area contributed by atoms with Crippen LogP contribution in [-0.4, -0.2) is 16.1 Å². The Morgan fingerprint density at radius 2 is 2.16 bits per heavy atom. The van der Waals surface area contributed by atoms with Gasteiger partial charge in [0.15, 0.2) is 0 Å². The second-order valence-electron chi connectivity index (χ2n) is 4.35. The molecule has 0 aliphatic heterocycles. The lowest BCUT2D eigenvalue weighted by molar-refractivity contribution is -0.138. The molecule has 2 rings (SSSR count). The van der Waals surface area contributed by atoms with Gasteiger partial charge in [0.1, 0.15) is 5.82 Å². The van der Waals surface area contributed by atoms with Gasteiger partial charge < -0.3 is 5.11 Å². The van der Waals surface area contributed by atoms with Gasteiger partial charge >= 0.3 is 5.97 Å². The van der Waals surface area contributed by atoms with E-state index in [0.29, 0.717) is 18.4 Å². The molecule has 0 bridgehead atoms. The van der Waals surface area contributed by atoms with Crippen molar-refractivity contribution in [3.8, 4) is 0 Å². The van der Waals surface area contributed by atoms with Gasteiger partial charge in [0.2, 0.25) is 0 Å². The quantitative estimate of drug-likeness (QED) is 0.897. The number of carbonyl (C=O) groups is 1. The number of hydrogen-bond acceptors (Lipinski definition) is 2. The number of nitrogens with zero attached hydrogens (tertiary/aromatic N) is 1. The van der Waals surface area contributed by atoms with Crippen molar-refractivity contribution < 1.29 is 14.3 Å². The minimum Gasteiger partial charge on any atom is -0.481 e. The van der Waals surface area contributed by atoms with Gasteiger partial charge in [-0.05, 0) is 42.2 Å². The monoisotopic (exact) mass is 259 g/mol. The fraction of sp³-hybridized carbons (Fsp3) is 0.200. The summed E-state index contributed by atoms with van der Waals surface area (Å²) in [5.41, 5.74) is 1.47. The molecular formula is C15H14FNO2. The van der Waals surface area contributed by atoms with Crippen LogP contribution in [-0.2, 0) is 11.2 Å². The molecule has 0 radical (unpaired) electrons. The Balaban J connectivity index is 2.11. The molecule has 98 valence electrons. The Hall–Kier alpha value is -2.23. The first-order valence-electron chi connectivity index (χ1n) is 6.04. The van der Waals surface area contributed by atoms with Gasteiger partial charge in [-0.15, -0.1) is 0 Å². The summed E-state index contributed by atoms with van der Waals surface area (Å²) in [7, 11) is 0. The van der Waals surface area contributed by atoms with Crippen LogP contribution in [0.3, 0.4) is 0 Å². The molecule has 0 amide bonds. The van der Waals surface area contributed by atoms with Crippen LogP contribution in [0.25, 0.3) is 0 Å². The van der Waals surface area contributed by atoms with E-state index in [9.17, 15) is 14.3 Å². The van der Waals surface area contributed by atoms with Crippen molar-refractivity contribution in [1.29, 1.82) is 0 Å². The first-order valence-corrected chi connectivity index (χ1v) is 6.04. The Labute approximate surface area is 110 Å². The molecule has 0 aliphatic carbocycles. The topological polar surface area (TPSA) is 50.2 Å². The summed E-state index contributed by atoms with van der Waals surface area (Å²) in [4.78, 5) is 15.3. The van der Waals surface area contributed by atoms with E-state index in [1.807, 2.05) is 12.1 Å². The molecule has 1 unspecified atom stereocenters. The number of halogens is 1. The first-order chi connectivity index (χ1) is 9.16. The molecule has 0 saturated carbocycles. The Kier molecular flexibility index (Phi) is 4.23. The normalized spacial score (nSPS) is 12.1. The number of aromatic nitrogens is 1. The van der Waals surface area contributed by atoms with Crippen molar-refractivity contribution >= 4 is 5.97 Å². The molecule has 0 aliphatic rings. The largest absolute Gasteiger partial charge is 0.481 e. The third kappa shape index (κ3) is 3.61. The van der Waals surface area contributed by atoms with E-state index in [1.54, 1.807) is 18.5 Å². The van der Waals surface area contributed by atoms with E-state index >= 15 is 0 Å². The highest BCUT2D eigenvalue weighted by Crippen LogP contribution is 2.22. The van der Waals surface area contributed by atoms with Gasteiger partial charge in [-0.1, -0.05) is 18.2 Å². The van der Waals surface area contributed by atoms with Crippen LogP contribution in [0.4, 0.5) is 4.39 Å². The molecule has 2 aromatic rings. The summed E-state index contributed by atoms with van der Waals surface area (Å²) in [6.07, 6.45) is 4.40. The summed E-state index contributed by atoms with van der Waals surface area (Å²) >= 11 is 0.